The Hall–Kier alpha value is -4.63. The van der Waals surface area contributed by atoms with Gasteiger partial charge in [-0.3, -0.25) is 14.4 Å². The van der Waals surface area contributed by atoms with Crippen LogP contribution in [0.2, 0.25) is 0 Å². The van der Waals surface area contributed by atoms with Gasteiger partial charge in [-0.2, -0.15) is 0 Å². The average Bonchev–Trinajstić information content (AvgIpc) is 3.19. The molecule has 9 nitrogen and oxygen atoms in total. The molecular formula is C30H31N3O6. The minimum Gasteiger partial charge on any atom is -0.507 e. The van der Waals surface area contributed by atoms with Crippen molar-refractivity contribution in [2.24, 2.45) is 5.73 Å². The van der Waals surface area contributed by atoms with E-state index in [1.54, 1.807) is 48.5 Å². The van der Waals surface area contributed by atoms with Gasteiger partial charge in [-0.05, 0) is 61.6 Å². The standard InChI is InChI=1S/C30H31N3O6/c1-32(2)16-17-33-27(21-8-12-24(13-9-21)39-19-25(31)34)26(29(36)30(33)37)28(35)22-10-14-23(15-11-22)38-18-20-6-4-3-5-7-20/h3-15,27,35H,16-19H2,1-2H3,(H2,31,34)/b28-26+. The molecule has 0 bridgehead atoms. The van der Waals surface area contributed by atoms with E-state index in [4.69, 9.17) is 15.2 Å². The summed E-state index contributed by atoms with van der Waals surface area (Å²) in [6, 6.07) is 22.3. The molecular weight excluding hydrogens is 498 g/mol. The lowest BCUT2D eigenvalue weighted by Gasteiger charge is -2.26. The minimum absolute atomic E-state index is 0.00233. The number of likely N-dealkylation sites (N-methyl/N-ethyl adjacent to an activating group) is 1. The SMILES string of the molecule is CN(C)CCN1C(=O)C(=O)/C(=C(/O)c2ccc(OCc3ccccc3)cc2)C1c1ccc(OCC(N)=O)cc1. The summed E-state index contributed by atoms with van der Waals surface area (Å²) >= 11 is 0. The number of hydrogen-bond acceptors (Lipinski definition) is 7. The third-order valence-corrected chi connectivity index (χ3v) is 6.28. The van der Waals surface area contributed by atoms with Gasteiger partial charge in [-0.25, -0.2) is 0 Å². The lowest BCUT2D eigenvalue weighted by Crippen LogP contribution is -2.35. The Morgan fingerprint density at radius 3 is 2.15 bits per heavy atom. The van der Waals surface area contributed by atoms with Gasteiger partial charge >= 0.3 is 0 Å². The number of primary amides is 1. The second kappa shape index (κ2) is 12.3. The lowest BCUT2D eigenvalue weighted by molar-refractivity contribution is -0.140. The van der Waals surface area contributed by atoms with E-state index in [1.807, 2.05) is 49.3 Å². The summed E-state index contributed by atoms with van der Waals surface area (Å²) < 4.78 is 11.2. The van der Waals surface area contributed by atoms with Crippen LogP contribution in [-0.2, 0) is 21.0 Å². The Kier molecular flexibility index (Phi) is 8.63. The number of nitrogens with two attached hydrogens (primary N) is 1. The maximum Gasteiger partial charge on any atom is 0.295 e. The van der Waals surface area contributed by atoms with E-state index in [0.717, 1.165) is 5.56 Å². The number of carbonyl (C=O) groups is 3. The summed E-state index contributed by atoms with van der Waals surface area (Å²) in [6.45, 7) is 0.927. The molecule has 1 aliphatic rings. The highest BCUT2D eigenvalue weighted by atomic mass is 16.5. The monoisotopic (exact) mass is 529 g/mol. The Bertz CT molecular complexity index is 1350. The Morgan fingerprint density at radius 2 is 1.54 bits per heavy atom. The van der Waals surface area contributed by atoms with Crippen LogP contribution in [0.3, 0.4) is 0 Å². The fourth-order valence-electron chi connectivity index (χ4n) is 4.27. The number of ether oxygens (including phenoxy) is 2. The molecule has 3 aromatic carbocycles. The maximum absolute atomic E-state index is 13.2. The van der Waals surface area contributed by atoms with Gasteiger partial charge < -0.3 is 30.1 Å². The maximum atomic E-state index is 13.2. The van der Waals surface area contributed by atoms with Gasteiger partial charge in [0.25, 0.3) is 17.6 Å². The number of rotatable bonds is 11. The lowest BCUT2D eigenvalue weighted by atomic mass is 9.95. The fourth-order valence-corrected chi connectivity index (χ4v) is 4.27. The molecule has 9 heteroatoms. The van der Waals surface area contributed by atoms with Crippen LogP contribution in [0.25, 0.3) is 5.76 Å². The molecule has 1 atom stereocenters. The van der Waals surface area contributed by atoms with Gasteiger partial charge in [0.2, 0.25) is 0 Å². The molecule has 1 saturated heterocycles. The number of amides is 2. The molecule has 1 aliphatic heterocycles. The van der Waals surface area contributed by atoms with Gasteiger partial charge in [0, 0.05) is 18.7 Å². The van der Waals surface area contributed by atoms with Crippen LogP contribution in [0.1, 0.15) is 22.7 Å². The first-order valence-corrected chi connectivity index (χ1v) is 12.5. The van der Waals surface area contributed by atoms with Crippen molar-refractivity contribution in [1.29, 1.82) is 0 Å². The second-order valence-corrected chi connectivity index (χ2v) is 9.42. The van der Waals surface area contributed by atoms with Crippen molar-refractivity contribution in [2.75, 3.05) is 33.8 Å². The minimum atomic E-state index is -0.802. The van der Waals surface area contributed by atoms with Crippen LogP contribution in [0, 0.1) is 0 Å². The highest BCUT2D eigenvalue weighted by Gasteiger charge is 2.45. The molecule has 0 aromatic heterocycles. The van der Waals surface area contributed by atoms with E-state index >= 15 is 0 Å². The number of likely N-dealkylation sites (tertiary alicyclic amines) is 1. The Balaban J connectivity index is 1.64. The zero-order chi connectivity index (χ0) is 27.9. The molecule has 0 radical (unpaired) electrons. The summed E-state index contributed by atoms with van der Waals surface area (Å²) in [6.07, 6.45) is 0. The number of nitrogens with zero attached hydrogens (tertiary/aromatic N) is 2. The molecule has 202 valence electrons. The van der Waals surface area contributed by atoms with Gasteiger partial charge in [0.05, 0.1) is 11.6 Å². The molecule has 4 rings (SSSR count). The number of hydrogen-bond donors (Lipinski definition) is 2. The highest BCUT2D eigenvalue weighted by molar-refractivity contribution is 6.46. The molecule has 0 aliphatic carbocycles. The summed E-state index contributed by atoms with van der Waals surface area (Å²) in [5.74, 6) is -1.30. The van der Waals surface area contributed by atoms with Crippen LogP contribution >= 0.6 is 0 Å². The van der Waals surface area contributed by atoms with Crippen LogP contribution in [0.15, 0.2) is 84.4 Å². The van der Waals surface area contributed by atoms with Crippen molar-refractivity contribution in [3.63, 3.8) is 0 Å². The molecule has 0 saturated carbocycles. The third-order valence-electron chi connectivity index (χ3n) is 6.28. The quantitative estimate of drug-likeness (QED) is 0.222. The number of aliphatic hydroxyl groups excluding tert-OH is 1. The third kappa shape index (κ3) is 6.63. The zero-order valence-corrected chi connectivity index (χ0v) is 21.9. The van der Waals surface area contributed by atoms with Crippen LogP contribution < -0.4 is 15.2 Å². The van der Waals surface area contributed by atoms with Crippen molar-refractivity contribution in [3.05, 3.63) is 101 Å². The van der Waals surface area contributed by atoms with Crippen molar-refractivity contribution in [3.8, 4) is 11.5 Å². The molecule has 1 unspecified atom stereocenters. The molecule has 1 heterocycles. The highest BCUT2D eigenvalue weighted by Crippen LogP contribution is 2.39. The predicted molar refractivity (Wildman–Crippen MR) is 146 cm³/mol. The van der Waals surface area contributed by atoms with Crippen molar-refractivity contribution in [1.82, 2.24) is 9.80 Å². The van der Waals surface area contributed by atoms with E-state index in [0.29, 0.717) is 35.8 Å². The molecule has 39 heavy (non-hydrogen) atoms. The normalized spacial score (nSPS) is 16.5. The van der Waals surface area contributed by atoms with Crippen LogP contribution in [-0.4, -0.2) is 66.3 Å². The Labute approximate surface area is 227 Å². The van der Waals surface area contributed by atoms with Gasteiger partial charge in [0.1, 0.15) is 23.9 Å². The van der Waals surface area contributed by atoms with E-state index in [-0.39, 0.29) is 24.5 Å². The number of ketones is 1. The predicted octanol–water partition coefficient (Wildman–Crippen LogP) is 3.11. The molecule has 0 spiro atoms. The Morgan fingerprint density at radius 1 is 0.923 bits per heavy atom. The summed E-state index contributed by atoms with van der Waals surface area (Å²) in [4.78, 5) is 40.7. The van der Waals surface area contributed by atoms with Gasteiger partial charge in [-0.1, -0.05) is 42.5 Å². The van der Waals surface area contributed by atoms with E-state index in [9.17, 15) is 19.5 Å². The smallest absolute Gasteiger partial charge is 0.295 e. The average molecular weight is 530 g/mol. The first-order chi connectivity index (χ1) is 18.7. The van der Waals surface area contributed by atoms with Gasteiger partial charge in [-0.15, -0.1) is 0 Å². The largest absolute Gasteiger partial charge is 0.507 e. The van der Waals surface area contributed by atoms with Gasteiger partial charge in [0.15, 0.2) is 6.61 Å². The number of benzene rings is 3. The zero-order valence-electron chi connectivity index (χ0n) is 21.9. The number of Topliss-reactive ketones (excluding diaryl/α,β-unsaturated/α-hetero) is 1. The van der Waals surface area contributed by atoms with Crippen molar-refractivity contribution >= 4 is 23.4 Å². The first kappa shape index (κ1) is 27.4. The molecule has 1 fully saturated rings. The molecule has 3 N–H and O–H groups in total. The first-order valence-electron chi connectivity index (χ1n) is 12.5. The van der Waals surface area contributed by atoms with E-state index < -0.39 is 23.6 Å². The number of aliphatic hydroxyl groups is 1. The topological polar surface area (TPSA) is 122 Å². The van der Waals surface area contributed by atoms with E-state index in [1.165, 1.54) is 4.90 Å². The van der Waals surface area contributed by atoms with Crippen molar-refractivity contribution in [2.45, 2.75) is 12.6 Å². The van der Waals surface area contributed by atoms with E-state index in [2.05, 4.69) is 0 Å². The molecule has 3 aromatic rings. The summed E-state index contributed by atoms with van der Waals surface area (Å²) in [5.41, 5.74) is 7.17. The van der Waals surface area contributed by atoms with Crippen LogP contribution in [0.4, 0.5) is 0 Å². The van der Waals surface area contributed by atoms with Crippen LogP contribution in [0.5, 0.6) is 11.5 Å². The number of carbonyl (C=O) groups excluding carboxylic acids is 3. The fraction of sp³-hybridized carbons (Fsp3) is 0.233. The summed E-state index contributed by atoms with van der Waals surface area (Å²) in [7, 11) is 3.75. The molecule has 2 amide bonds. The van der Waals surface area contributed by atoms with Crippen molar-refractivity contribution < 1.29 is 29.0 Å². The second-order valence-electron chi connectivity index (χ2n) is 9.42. The summed E-state index contributed by atoms with van der Waals surface area (Å²) in [5, 5.41) is 11.3.